The fourth-order valence-electron chi connectivity index (χ4n) is 2.74. The van der Waals surface area contributed by atoms with E-state index in [0.29, 0.717) is 12.0 Å². The topological polar surface area (TPSA) is 41.1 Å². The standard InChI is InChI=1S/C16H23BrN2O/c1-11-5-3-4-6-15(11)18-12(2)16(20)19-14-9-7-13(17)8-10-14/h7-12,15,18H,3-6H2,1-2H3,(H,19,20)/t11-,12+,15+/m1/s1. The van der Waals surface area contributed by atoms with Gasteiger partial charge >= 0.3 is 0 Å². The van der Waals surface area contributed by atoms with Crippen LogP contribution in [0.2, 0.25) is 0 Å². The number of hydrogen-bond acceptors (Lipinski definition) is 2. The van der Waals surface area contributed by atoms with Crippen LogP contribution < -0.4 is 10.6 Å². The lowest BCUT2D eigenvalue weighted by molar-refractivity contribution is -0.118. The van der Waals surface area contributed by atoms with Crippen molar-refractivity contribution in [2.45, 2.75) is 51.6 Å². The summed E-state index contributed by atoms with van der Waals surface area (Å²) >= 11 is 3.39. The molecule has 0 saturated heterocycles. The third kappa shape index (κ3) is 4.32. The van der Waals surface area contributed by atoms with Crippen molar-refractivity contribution in [3.05, 3.63) is 28.7 Å². The maximum Gasteiger partial charge on any atom is 0.241 e. The number of anilines is 1. The summed E-state index contributed by atoms with van der Waals surface area (Å²) in [5.41, 5.74) is 0.837. The van der Waals surface area contributed by atoms with Crippen molar-refractivity contribution in [3.63, 3.8) is 0 Å². The molecule has 2 rings (SSSR count). The van der Waals surface area contributed by atoms with Gasteiger partial charge < -0.3 is 10.6 Å². The molecule has 20 heavy (non-hydrogen) atoms. The first-order chi connectivity index (χ1) is 9.56. The van der Waals surface area contributed by atoms with E-state index in [0.717, 1.165) is 10.2 Å². The summed E-state index contributed by atoms with van der Waals surface area (Å²) in [6.45, 7) is 4.21. The predicted molar refractivity (Wildman–Crippen MR) is 86.8 cm³/mol. The lowest BCUT2D eigenvalue weighted by atomic mass is 9.85. The molecule has 2 N–H and O–H groups in total. The highest BCUT2D eigenvalue weighted by atomic mass is 79.9. The number of nitrogens with one attached hydrogen (secondary N) is 2. The Morgan fingerprint density at radius 1 is 1.25 bits per heavy atom. The molecule has 3 atom stereocenters. The fourth-order valence-corrected chi connectivity index (χ4v) is 3.01. The second-order valence-electron chi connectivity index (χ2n) is 5.75. The van der Waals surface area contributed by atoms with E-state index in [1.165, 1.54) is 25.7 Å². The Morgan fingerprint density at radius 3 is 2.55 bits per heavy atom. The van der Waals surface area contributed by atoms with Crippen LogP contribution in [-0.2, 0) is 4.79 Å². The smallest absolute Gasteiger partial charge is 0.241 e. The second kappa shape index (κ2) is 7.23. The zero-order chi connectivity index (χ0) is 14.5. The van der Waals surface area contributed by atoms with Crippen LogP contribution in [0, 0.1) is 5.92 Å². The summed E-state index contributed by atoms with van der Waals surface area (Å²) in [6, 6.07) is 7.96. The predicted octanol–water partition coefficient (Wildman–Crippen LogP) is 3.94. The molecule has 1 aliphatic carbocycles. The van der Waals surface area contributed by atoms with Gasteiger partial charge in [0.25, 0.3) is 0 Å². The van der Waals surface area contributed by atoms with Gasteiger partial charge in [-0.1, -0.05) is 35.7 Å². The maximum atomic E-state index is 12.2. The Bertz CT molecular complexity index is 446. The molecule has 0 radical (unpaired) electrons. The zero-order valence-corrected chi connectivity index (χ0v) is 13.7. The van der Waals surface area contributed by atoms with Crippen molar-refractivity contribution in [1.29, 1.82) is 0 Å². The molecule has 0 unspecified atom stereocenters. The maximum absolute atomic E-state index is 12.2. The summed E-state index contributed by atoms with van der Waals surface area (Å²) < 4.78 is 1.01. The van der Waals surface area contributed by atoms with Gasteiger partial charge in [0.2, 0.25) is 5.91 Å². The average Bonchev–Trinajstić information content (AvgIpc) is 2.44. The van der Waals surface area contributed by atoms with Crippen LogP contribution in [0.25, 0.3) is 0 Å². The van der Waals surface area contributed by atoms with E-state index in [-0.39, 0.29) is 11.9 Å². The molecule has 1 aliphatic rings. The van der Waals surface area contributed by atoms with Crippen LogP contribution in [0.5, 0.6) is 0 Å². The minimum atomic E-state index is -0.163. The second-order valence-corrected chi connectivity index (χ2v) is 6.67. The molecule has 0 aliphatic heterocycles. The average molecular weight is 339 g/mol. The molecule has 0 heterocycles. The first-order valence-electron chi connectivity index (χ1n) is 7.39. The minimum Gasteiger partial charge on any atom is -0.325 e. The number of carbonyl (C=O) groups is 1. The van der Waals surface area contributed by atoms with Crippen LogP contribution in [-0.4, -0.2) is 18.0 Å². The van der Waals surface area contributed by atoms with Gasteiger partial charge in [-0.15, -0.1) is 0 Å². The van der Waals surface area contributed by atoms with Gasteiger partial charge in [0.1, 0.15) is 0 Å². The molecule has 110 valence electrons. The van der Waals surface area contributed by atoms with E-state index < -0.39 is 0 Å². The monoisotopic (exact) mass is 338 g/mol. The van der Waals surface area contributed by atoms with Crippen molar-refractivity contribution < 1.29 is 4.79 Å². The molecule has 0 spiro atoms. The highest BCUT2D eigenvalue weighted by Gasteiger charge is 2.24. The molecule has 1 aromatic carbocycles. The highest BCUT2D eigenvalue weighted by Crippen LogP contribution is 2.24. The minimum absolute atomic E-state index is 0.0325. The third-order valence-electron chi connectivity index (χ3n) is 4.08. The number of benzene rings is 1. The zero-order valence-electron chi connectivity index (χ0n) is 12.2. The Hall–Kier alpha value is -0.870. The summed E-state index contributed by atoms with van der Waals surface area (Å²) in [6.07, 6.45) is 5.03. The molecule has 3 nitrogen and oxygen atoms in total. The van der Waals surface area contributed by atoms with Gasteiger partial charge in [-0.05, 0) is 49.9 Å². The van der Waals surface area contributed by atoms with Crippen LogP contribution in [0.4, 0.5) is 5.69 Å². The van der Waals surface area contributed by atoms with E-state index in [1.807, 2.05) is 31.2 Å². The van der Waals surface area contributed by atoms with Crippen molar-refractivity contribution in [2.75, 3.05) is 5.32 Å². The highest BCUT2D eigenvalue weighted by molar-refractivity contribution is 9.10. The van der Waals surface area contributed by atoms with E-state index in [1.54, 1.807) is 0 Å². The van der Waals surface area contributed by atoms with Gasteiger partial charge in [0, 0.05) is 16.2 Å². The van der Waals surface area contributed by atoms with Crippen molar-refractivity contribution >= 4 is 27.5 Å². The first-order valence-corrected chi connectivity index (χ1v) is 8.18. The van der Waals surface area contributed by atoms with Gasteiger partial charge in [-0.2, -0.15) is 0 Å². The number of amides is 1. The largest absolute Gasteiger partial charge is 0.325 e. The number of rotatable bonds is 4. The Kier molecular flexibility index (Phi) is 5.61. The van der Waals surface area contributed by atoms with Crippen LogP contribution in [0.15, 0.2) is 28.7 Å². The third-order valence-corrected chi connectivity index (χ3v) is 4.61. The van der Waals surface area contributed by atoms with Crippen molar-refractivity contribution in [1.82, 2.24) is 5.32 Å². The van der Waals surface area contributed by atoms with Crippen molar-refractivity contribution in [3.8, 4) is 0 Å². The van der Waals surface area contributed by atoms with Gasteiger partial charge in [-0.3, -0.25) is 4.79 Å². The fraction of sp³-hybridized carbons (Fsp3) is 0.562. The quantitative estimate of drug-likeness (QED) is 0.872. The van der Waals surface area contributed by atoms with Gasteiger partial charge in [0.15, 0.2) is 0 Å². The Balaban J connectivity index is 1.86. The lowest BCUT2D eigenvalue weighted by Gasteiger charge is -2.31. The van der Waals surface area contributed by atoms with E-state index in [9.17, 15) is 4.79 Å². The number of halogens is 1. The van der Waals surface area contributed by atoms with Crippen molar-refractivity contribution in [2.24, 2.45) is 5.92 Å². The number of hydrogen-bond donors (Lipinski definition) is 2. The Labute approximate surface area is 129 Å². The summed E-state index contributed by atoms with van der Waals surface area (Å²) in [5, 5.41) is 6.43. The van der Waals surface area contributed by atoms with Crippen LogP contribution in [0.3, 0.4) is 0 Å². The molecule has 1 aromatic rings. The lowest BCUT2D eigenvalue weighted by Crippen LogP contribution is -2.47. The molecule has 0 aromatic heterocycles. The molecule has 1 fully saturated rings. The molecular formula is C16H23BrN2O. The normalized spacial score (nSPS) is 24.1. The molecule has 1 saturated carbocycles. The SMILES string of the molecule is C[C@H](N[C@H]1CCCC[C@H]1C)C(=O)Nc1ccc(Br)cc1. The molecule has 4 heteroatoms. The summed E-state index contributed by atoms with van der Waals surface area (Å²) in [4.78, 5) is 12.2. The van der Waals surface area contributed by atoms with E-state index in [2.05, 4.69) is 33.5 Å². The molecular weight excluding hydrogens is 316 g/mol. The van der Waals surface area contributed by atoms with E-state index >= 15 is 0 Å². The number of carbonyl (C=O) groups excluding carboxylic acids is 1. The van der Waals surface area contributed by atoms with Gasteiger partial charge in [0.05, 0.1) is 6.04 Å². The molecule has 0 bridgehead atoms. The summed E-state index contributed by atoms with van der Waals surface area (Å²) in [7, 11) is 0. The van der Waals surface area contributed by atoms with Gasteiger partial charge in [-0.25, -0.2) is 0 Å². The summed E-state index contributed by atoms with van der Waals surface area (Å²) in [5.74, 6) is 0.691. The Morgan fingerprint density at radius 2 is 1.90 bits per heavy atom. The van der Waals surface area contributed by atoms with Crippen LogP contribution in [0.1, 0.15) is 39.5 Å². The molecule has 1 amide bonds. The van der Waals surface area contributed by atoms with E-state index in [4.69, 9.17) is 0 Å². The van der Waals surface area contributed by atoms with Crippen LogP contribution >= 0.6 is 15.9 Å². The first kappa shape index (κ1) is 15.5.